The van der Waals surface area contributed by atoms with Gasteiger partial charge in [-0.2, -0.15) is 5.10 Å². The van der Waals surface area contributed by atoms with Crippen LogP contribution in [0.5, 0.6) is 0 Å². The van der Waals surface area contributed by atoms with Crippen LogP contribution >= 0.6 is 11.6 Å². The number of aromatic nitrogens is 2. The van der Waals surface area contributed by atoms with Gasteiger partial charge in [0.15, 0.2) is 0 Å². The summed E-state index contributed by atoms with van der Waals surface area (Å²) in [6.07, 6.45) is 1.52. The van der Waals surface area contributed by atoms with Gasteiger partial charge in [-0.15, -0.1) is 0 Å². The SMILES string of the molecule is CCOC(=O)c1cnn(C)c1CNc1cc(C)ccc1Cl. The molecule has 0 spiro atoms. The number of hydrogen-bond acceptors (Lipinski definition) is 4. The first kappa shape index (κ1) is 15.4. The smallest absolute Gasteiger partial charge is 0.341 e. The number of hydrogen-bond donors (Lipinski definition) is 1. The Morgan fingerprint density at radius 2 is 2.24 bits per heavy atom. The fourth-order valence-corrected chi connectivity index (χ4v) is 2.19. The largest absolute Gasteiger partial charge is 0.462 e. The molecule has 0 saturated carbocycles. The molecule has 0 unspecified atom stereocenters. The van der Waals surface area contributed by atoms with Gasteiger partial charge in [0.1, 0.15) is 5.56 Å². The van der Waals surface area contributed by atoms with E-state index in [1.807, 2.05) is 25.1 Å². The number of nitrogens with zero attached hydrogens (tertiary/aromatic N) is 2. The van der Waals surface area contributed by atoms with E-state index >= 15 is 0 Å². The lowest BCUT2D eigenvalue weighted by Gasteiger charge is -2.11. The Bertz CT molecular complexity index is 652. The van der Waals surface area contributed by atoms with Crippen LogP contribution in [0, 0.1) is 6.92 Å². The Kier molecular flexibility index (Phi) is 4.85. The van der Waals surface area contributed by atoms with Crippen LogP contribution in [0.4, 0.5) is 5.69 Å². The maximum atomic E-state index is 11.9. The number of ether oxygens (including phenoxy) is 1. The maximum absolute atomic E-state index is 11.9. The first-order valence-electron chi connectivity index (χ1n) is 6.71. The average Bonchev–Trinajstić information content (AvgIpc) is 2.81. The number of carbonyl (C=O) groups excluding carboxylic acids is 1. The molecule has 0 fully saturated rings. The molecule has 5 nitrogen and oxygen atoms in total. The second kappa shape index (κ2) is 6.63. The van der Waals surface area contributed by atoms with E-state index in [2.05, 4.69) is 10.4 Å². The predicted octanol–water partition coefficient (Wildman–Crippen LogP) is 3.17. The average molecular weight is 308 g/mol. The summed E-state index contributed by atoms with van der Waals surface area (Å²) in [4.78, 5) is 11.9. The number of aryl methyl sites for hydroxylation is 2. The van der Waals surface area contributed by atoms with Crippen molar-refractivity contribution in [2.24, 2.45) is 7.05 Å². The Morgan fingerprint density at radius 1 is 1.48 bits per heavy atom. The molecule has 0 aliphatic carbocycles. The molecule has 0 aliphatic heterocycles. The summed E-state index contributed by atoms with van der Waals surface area (Å²) < 4.78 is 6.69. The minimum absolute atomic E-state index is 0.338. The fourth-order valence-electron chi connectivity index (χ4n) is 2.01. The van der Waals surface area contributed by atoms with Crippen molar-refractivity contribution in [3.8, 4) is 0 Å². The number of carbonyl (C=O) groups is 1. The van der Waals surface area contributed by atoms with E-state index in [9.17, 15) is 4.79 Å². The van der Waals surface area contributed by atoms with Crippen LogP contribution < -0.4 is 5.32 Å². The van der Waals surface area contributed by atoms with E-state index in [1.54, 1.807) is 18.7 Å². The second-order valence-electron chi connectivity index (χ2n) is 4.69. The third kappa shape index (κ3) is 3.55. The molecule has 6 heteroatoms. The Morgan fingerprint density at radius 3 is 2.95 bits per heavy atom. The highest BCUT2D eigenvalue weighted by molar-refractivity contribution is 6.33. The summed E-state index contributed by atoms with van der Waals surface area (Å²) in [5.74, 6) is -0.363. The van der Waals surface area contributed by atoms with Crippen LogP contribution in [-0.2, 0) is 18.3 Å². The van der Waals surface area contributed by atoms with Crippen LogP contribution in [-0.4, -0.2) is 22.4 Å². The highest BCUT2D eigenvalue weighted by atomic mass is 35.5. The predicted molar refractivity (Wildman–Crippen MR) is 82.7 cm³/mol. The molecular formula is C15H18ClN3O2. The molecule has 1 heterocycles. The van der Waals surface area contributed by atoms with Crippen LogP contribution in [0.1, 0.15) is 28.5 Å². The van der Waals surface area contributed by atoms with Crippen LogP contribution in [0.2, 0.25) is 5.02 Å². The van der Waals surface area contributed by atoms with Gasteiger partial charge in [-0.1, -0.05) is 17.7 Å². The minimum atomic E-state index is -0.363. The zero-order valence-electron chi connectivity index (χ0n) is 12.3. The molecule has 0 radical (unpaired) electrons. The fraction of sp³-hybridized carbons (Fsp3) is 0.333. The van der Waals surface area contributed by atoms with Crippen molar-refractivity contribution in [3.05, 3.63) is 46.2 Å². The van der Waals surface area contributed by atoms with Gasteiger partial charge in [0.05, 0.1) is 35.8 Å². The summed E-state index contributed by atoms with van der Waals surface area (Å²) >= 11 is 6.15. The van der Waals surface area contributed by atoms with Crippen molar-refractivity contribution in [1.29, 1.82) is 0 Å². The third-order valence-electron chi connectivity index (χ3n) is 3.13. The summed E-state index contributed by atoms with van der Waals surface area (Å²) in [5, 5.41) is 7.99. The number of halogens is 1. The summed E-state index contributed by atoms with van der Waals surface area (Å²) in [6, 6.07) is 5.75. The highest BCUT2D eigenvalue weighted by Crippen LogP contribution is 2.23. The molecule has 2 rings (SSSR count). The number of esters is 1. The van der Waals surface area contributed by atoms with Gasteiger partial charge < -0.3 is 10.1 Å². The van der Waals surface area contributed by atoms with Gasteiger partial charge >= 0.3 is 5.97 Å². The molecule has 0 bridgehead atoms. The Labute approximate surface area is 128 Å². The normalized spacial score (nSPS) is 10.5. The molecule has 1 N–H and O–H groups in total. The van der Waals surface area contributed by atoms with Crippen molar-refractivity contribution >= 4 is 23.3 Å². The van der Waals surface area contributed by atoms with Gasteiger partial charge in [0, 0.05) is 7.05 Å². The van der Waals surface area contributed by atoms with Gasteiger partial charge in [-0.05, 0) is 31.5 Å². The van der Waals surface area contributed by atoms with Gasteiger partial charge in [0.2, 0.25) is 0 Å². The third-order valence-corrected chi connectivity index (χ3v) is 3.45. The molecule has 1 aromatic carbocycles. The number of rotatable bonds is 5. The summed E-state index contributed by atoms with van der Waals surface area (Å²) in [6.45, 7) is 4.55. The standard InChI is InChI=1S/C15H18ClN3O2/c1-4-21-15(20)11-8-18-19(3)14(11)9-17-13-7-10(2)5-6-12(13)16/h5-8,17H,4,9H2,1-3H3. The monoisotopic (exact) mass is 307 g/mol. The van der Waals surface area contributed by atoms with Gasteiger partial charge in [-0.25, -0.2) is 4.79 Å². The van der Waals surface area contributed by atoms with Crippen LogP contribution in [0.25, 0.3) is 0 Å². The van der Waals surface area contributed by atoms with Crippen molar-refractivity contribution in [3.63, 3.8) is 0 Å². The van der Waals surface area contributed by atoms with E-state index < -0.39 is 0 Å². The lowest BCUT2D eigenvalue weighted by Crippen LogP contribution is -2.12. The van der Waals surface area contributed by atoms with Crippen molar-refractivity contribution in [1.82, 2.24) is 9.78 Å². The lowest BCUT2D eigenvalue weighted by atomic mass is 10.2. The first-order chi connectivity index (χ1) is 10.0. The topological polar surface area (TPSA) is 56.1 Å². The zero-order chi connectivity index (χ0) is 15.4. The van der Waals surface area contributed by atoms with Gasteiger partial charge in [0.25, 0.3) is 0 Å². The van der Waals surface area contributed by atoms with Crippen molar-refractivity contribution < 1.29 is 9.53 Å². The van der Waals surface area contributed by atoms with E-state index in [-0.39, 0.29) is 5.97 Å². The highest BCUT2D eigenvalue weighted by Gasteiger charge is 2.17. The lowest BCUT2D eigenvalue weighted by molar-refractivity contribution is 0.0525. The molecule has 0 saturated heterocycles. The van der Waals surface area contributed by atoms with E-state index in [0.29, 0.717) is 23.7 Å². The molecule has 0 aliphatic rings. The quantitative estimate of drug-likeness (QED) is 0.862. The van der Waals surface area contributed by atoms with Gasteiger partial charge in [-0.3, -0.25) is 4.68 Å². The van der Waals surface area contributed by atoms with E-state index in [0.717, 1.165) is 16.9 Å². The van der Waals surface area contributed by atoms with E-state index in [4.69, 9.17) is 16.3 Å². The molecule has 0 amide bonds. The molecule has 112 valence electrons. The Balaban J connectivity index is 2.18. The number of anilines is 1. The van der Waals surface area contributed by atoms with E-state index in [1.165, 1.54) is 6.20 Å². The second-order valence-corrected chi connectivity index (χ2v) is 5.09. The van der Waals surface area contributed by atoms with Crippen molar-refractivity contribution in [2.75, 3.05) is 11.9 Å². The summed E-state index contributed by atoms with van der Waals surface area (Å²) in [7, 11) is 1.79. The zero-order valence-corrected chi connectivity index (χ0v) is 13.1. The summed E-state index contributed by atoms with van der Waals surface area (Å²) in [5.41, 5.74) is 3.16. The van der Waals surface area contributed by atoms with Crippen LogP contribution in [0.15, 0.2) is 24.4 Å². The number of benzene rings is 1. The molecule has 0 atom stereocenters. The first-order valence-corrected chi connectivity index (χ1v) is 7.08. The molecular weight excluding hydrogens is 290 g/mol. The number of nitrogens with one attached hydrogen (secondary N) is 1. The Hall–Kier alpha value is -2.01. The maximum Gasteiger partial charge on any atom is 0.341 e. The molecule has 2 aromatic rings. The van der Waals surface area contributed by atoms with Crippen LogP contribution in [0.3, 0.4) is 0 Å². The minimum Gasteiger partial charge on any atom is -0.462 e. The molecule has 21 heavy (non-hydrogen) atoms. The molecule has 1 aromatic heterocycles. The van der Waals surface area contributed by atoms with Crippen molar-refractivity contribution in [2.45, 2.75) is 20.4 Å².